The van der Waals surface area contributed by atoms with Gasteiger partial charge >= 0.3 is 0 Å². The van der Waals surface area contributed by atoms with Crippen molar-refractivity contribution in [1.82, 2.24) is 29.7 Å². The number of carbonyl (C=O) groups is 1. The SMILES string of the molecule is C[C@H](Nc1ncc(C(=O)N2C[C@H](O)[C@@H](N3CCOCC3)C2)cn1)c1cnccn1. The van der Waals surface area contributed by atoms with Crippen LogP contribution in [0.15, 0.2) is 31.0 Å². The fourth-order valence-electron chi connectivity index (χ4n) is 3.70. The number of aliphatic hydroxyl groups is 1. The number of rotatable bonds is 5. The second-order valence-corrected chi connectivity index (χ2v) is 7.28. The van der Waals surface area contributed by atoms with Gasteiger partial charge in [-0.1, -0.05) is 0 Å². The van der Waals surface area contributed by atoms with E-state index in [1.807, 2.05) is 6.92 Å². The highest BCUT2D eigenvalue weighted by Crippen LogP contribution is 2.20. The van der Waals surface area contributed by atoms with Crippen LogP contribution in [0.1, 0.15) is 29.0 Å². The lowest BCUT2D eigenvalue weighted by molar-refractivity contribution is -0.00611. The summed E-state index contributed by atoms with van der Waals surface area (Å²) in [6.07, 6.45) is 7.38. The number of morpholine rings is 1. The molecule has 0 unspecified atom stereocenters. The maximum absolute atomic E-state index is 12.8. The van der Waals surface area contributed by atoms with Gasteiger partial charge in [0.05, 0.1) is 48.9 Å². The van der Waals surface area contributed by atoms with E-state index in [1.165, 1.54) is 12.4 Å². The molecule has 10 heteroatoms. The lowest BCUT2D eigenvalue weighted by Gasteiger charge is -2.33. The van der Waals surface area contributed by atoms with Gasteiger partial charge in [0.2, 0.25) is 5.95 Å². The minimum atomic E-state index is -0.563. The fourth-order valence-corrected chi connectivity index (χ4v) is 3.70. The molecule has 0 aromatic carbocycles. The molecular weight excluding hydrogens is 374 g/mol. The van der Waals surface area contributed by atoms with Crippen LogP contribution in [-0.4, -0.2) is 92.3 Å². The highest BCUT2D eigenvalue weighted by Gasteiger charge is 2.38. The molecule has 2 aromatic heterocycles. The van der Waals surface area contributed by atoms with Crippen molar-refractivity contribution in [2.45, 2.75) is 25.1 Å². The Morgan fingerprint density at radius 2 is 1.93 bits per heavy atom. The quantitative estimate of drug-likeness (QED) is 0.714. The number of aromatic nitrogens is 4. The summed E-state index contributed by atoms with van der Waals surface area (Å²) in [5.74, 6) is 0.237. The Balaban J connectivity index is 1.37. The van der Waals surface area contributed by atoms with E-state index in [-0.39, 0.29) is 18.0 Å². The fraction of sp³-hybridized carbons (Fsp3) is 0.526. The second kappa shape index (κ2) is 8.76. The van der Waals surface area contributed by atoms with Crippen LogP contribution in [0.25, 0.3) is 0 Å². The van der Waals surface area contributed by atoms with E-state index >= 15 is 0 Å². The van der Waals surface area contributed by atoms with Crippen molar-refractivity contribution in [3.8, 4) is 0 Å². The third-order valence-corrected chi connectivity index (χ3v) is 5.33. The number of hydrogen-bond acceptors (Lipinski definition) is 9. The molecule has 0 aliphatic carbocycles. The van der Waals surface area contributed by atoms with E-state index in [0.717, 1.165) is 18.8 Å². The number of likely N-dealkylation sites (tertiary alicyclic amines) is 1. The molecule has 0 radical (unpaired) electrons. The summed E-state index contributed by atoms with van der Waals surface area (Å²) >= 11 is 0. The van der Waals surface area contributed by atoms with E-state index in [9.17, 15) is 9.90 Å². The molecule has 4 rings (SSSR count). The van der Waals surface area contributed by atoms with Gasteiger partial charge in [-0.25, -0.2) is 9.97 Å². The third kappa shape index (κ3) is 4.50. The molecule has 10 nitrogen and oxygen atoms in total. The van der Waals surface area contributed by atoms with E-state index < -0.39 is 6.10 Å². The van der Waals surface area contributed by atoms with Gasteiger partial charge < -0.3 is 20.1 Å². The van der Waals surface area contributed by atoms with Crippen molar-refractivity contribution in [3.63, 3.8) is 0 Å². The molecule has 154 valence electrons. The number of amides is 1. The van der Waals surface area contributed by atoms with Gasteiger partial charge in [-0.15, -0.1) is 0 Å². The van der Waals surface area contributed by atoms with Crippen molar-refractivity contribution in [1.29, 1.82) is 0 Å². The predicted molar refractivity (Wildman–Crippen MR) is 104 cm³/mol. The molecule has 1 amide bonds. The Morgan fingerprint density at radius 1 is 1.17 bits per heavy atom. The summed E-state index contributed by atoms with van der Waals surface area (Å²) in [7, 11) is 0. The van der Waals surface area contributed by atoms with Crippen molar-refractivity contribution in [2.75, 3.05) is 44.7 Å². The molecule has 29 heavy (non-hydrogen) atoms. The van der Waals surface area contributed by atoms with Crippen LogP contribution in [0.4, 0.5) is 5.95 Å². The number of ether oxygens (including phenoxy) is 1. The van der Waals surface area contributed by atoms with Crippen LogP contribution >= 0.6 is 0 Å². The number of hydrogen-bond donors (Lipinski definition) is 2. The van der Waals surface area contributed by atoms with Gasteiger partial charge in [-0.2, -0.15) is 0 Å². The number of β-amino-alcohol motifs (C(OH)–C–C–N with tert-alkyl or cyclic N) is 1. The molecule has 2 aliphatic heterocycles. The zero-order valence-electron chi connectivity index (χ0n) is 16.3. The highest BCUT2D eigenvalue weighted by molar-refractivity contribution is 5.94. The smallest absolute Gasteiger partial charge is 0.257 e. The van der Waals surface area contributed by atoms with Crippen molar-refractivity contribution in [2.24, 2.45) is 0 Å². The first-order chi connectivity index (χ1) is 14.1. The maximum atomic E-state index is 12.8. The van der Waals surface area contributed by atoms with Crippen LogP contribution in [0.2, 0.25) is 0 Å². The van der Waals surface area contributed by atoms with Gasteiger partial charge in [0, 0.05) is 51.0 Å². The number of carbonyl (C=O) groups excluding carboxylic acids is 1. The molecule has 0 saturated carbocycles. The summed E-state index contributed by atoms with van der Waals surface area (Å²) in [5.41, 5.74) is 1.17. The summed E-state index contributed by atoms with van der Waals surface area (Å²) in [4.78, 5) is 33.5. The summed E-state index contributed by atoms with van der Waals surface area (Å²) < 4.78 is 5.37. The zero-order valence-corrected chi connectivity index (χ0v) is 16.3. The van der Waals surface area contributed by atoms with Gasteiger partial charge in [0.15, 0.2) is 0 Å². The average Bonchev–Trinajstić information content (AvgIpc) is 3.16. The van der Waals surface area contributed by atoms with Crippen molar-refractivity contribution < 1.29 is 14.6 Å². The molecule has 2 fully saturated rings. The van der Waals surface area contributed by atoms with Crippen LogP contribution < -0.4 is 5.32 Å². The highest BCUT2D eigenvalue weighted by atomic mass is 16.5. The van der Waals surface area contributed by atoms with Gasteiger partial charge in [-0.05, 0) is 6.92 Å². The summed E-state index contributed by atoms with van der Waals surface area (Å²) in [6.45, 7) is 5.60. The van der Waals surface area contributed by atoms with E-state index in [1.54, 1.807) is 23.5 Å². The zero-order chi connectivity index (χ0) is 20.2. The Hall–Kier alpha value is -2.69. The minimum Gasteiger partial charge on any atom is -0.390 e. The van der Waals surface area contributed by atoms with Crippen molar-refractivity contribution >= 4 is 11.9 Å². The molecule has 2 saturated heterocycles. The largest absolute Gasteiger partial charge is 0.390 e. The Kier molecular flexibility index (Phi) is 5.93. The molecule has 0 spiro atoms. The molecule has 2 aromatic rings. The molecular formula is C19H25N7O3. The summed E-state index contributed by atoms with van der Waals surface area (Å²) in [5, 5.41) is 13.6. The second-order valence-electron chi connectivity index (χ2n) is 7.28. The Morgan fingerprint density at radius 3 is 2.62 bits per heavy atom. The van der Waals surface area contributed by atoms with Gasteiger partial charge in [0.1, 0.15) is 0 Å². The molecule has 2 aliphatic rings. The Bertz CT molecular complexity index is 814. The first kappa shape index (κ1) is 19.6. The number of aliphatic hydroxyl groups excluding tert-OH is 1. The standard InChI is InChI=1S/C19H25N7O3/c1-13(15-10-20-2-3-21-15)24-19-22-8-14(9-23-19)18(28)26-11-16(17(27)12-26)25-4-6-29-7-5-25/h2-3,8-10,13,16-17,27H,4-7,11-12H2,1H3,(H,22,23,24)/t13-,16-,17-/m0/s1. The predicted octanol–water partition coefficient (Wildman–Crippen LogP) is -0.0428. The van der Waals surface area contributed by atoms with Crippen LogP contribution in [0.5, 0.6) is 0 Å². The third-order valence-electron chi connectivity index (χ3n) is 5.33. The lowest BCUT2D eigenvalue weighted by Crippen LogP contribution is -2.49. The van der Waals surface area contributed by atoms with E-state index in [2.05, 4.69) is 30.2 Å². The minimum absolute atomic E-state index is 0.0578. The molecule has 0 bridgehead atoms. The average molecular weight is 399 g/mol. The molecule has 2 N–H and O–H groups in total. The molecule has 4 heterocycles. The van der Waals surface area contributed by atoms with Crippen LogP contribution in [-0.2, 0) is 4.74 Å². The van der Waals surface area contributed by atoms with Gasteiger partial charge in [0.25, 0.3) is 5.91 Å². The number of anilines is 1. The van der Waals surface area contributed by atoms with Crippen LogP contribution in [0, 0.1) is 0 Å². The van der Waals surface area contributed by atoms with Crippen molar-refractivity contribution in [3.05, 3.63) is 42.2 Å². The maximum Gasteiger partial charge on any atom is 0.257 e. The first-order valence-corrected chi connectivity index (χ1v) is 9.75. The number of nitrogens with zero attached hydrogens (tertiary/aromatic N) is 6. The molecule has 3 atom stereocenters. The number of nitrogens with one attached hydrogen (secondary N) is 1. The topological polar surface area (TPSA) is 117 Å². The van der Waals surface area contributed by atoms with E-state index in [0.29, 0.717) is 37.8 Å². The van der Waals surface area contributed by atoms with Crippen LogP contribution in [0.3, 0.4) is 0 Å². The lowest BCUT2D eigenvalue weighted by atomic mass is 10.1. The first-order valence-electron chi connectivity index (χ1n) is 9.75. The normalized spacial score (nSPS) is 23.7. The summed E-state index contributed by atoms with van der Waals surface area (Å²) in [6, 6.07) is -0.175. The van der Waals surface area contributed by atoms with E-state index in [4.69, 9.17) is 4.74 Å². The van der Waals surface area contributed by atoms with Gasteiger partial charge in [-0.3, -0.25) is 19.7 Å². The monoisotopic (exact) mass is 399 g/mol. The Labute approximate surface area is 169 Å².